The van der Waals surface area contributed by atoms with Gasteiger partial charge in [-0.05, 0) is 43.9 Å². The molecule has 0 spiro atoms. The van der Waals surface area contributed by atoms with E-state index in [1.54, 1.807) is 0 Å². The zero-order valence-corrected chi connectivity index (χ0v) is 17.5. The average molecular weight is 368 g/mol. The smallest absolute Gasteiger partial charge is 0.217 e. The predicted octanol–water partition coefficient (Wildman–Crippen LogP) is 5.49. The van der Waals surface area contributed by atoms with Gasteiger partial charge in [-0.1, -0.05) is 51.0 Å². The van der Waals surface area contributed by atoms with Crippen molar-refractivity contribution >= 4 is 12.0 Å². The molecule has 1 aromatic heterocycles. The van der Waals surface area contributed by atoms with Crippen molar-refractivity contribution in [3.63, 3.8) is 0 Å². The van der Waals surface area contributed by atoms with Gasteiger partial charge in [0, 0.05) is 19.2 Å². The first-order chi connectivity index (χ1) is 13.1. The predicted molar refractivity (Wildman–Crippen MR) is 114 cm³/mol. The van der Waals surface area contributed by atoms with E-state index in [1.165, 1.54) is 11.1 Å². The van der Waals surface area contributed by atoms with Gasteiger partial charge in [0.25, 0.3) is 0 Å². The minimum Gasteiger partial charge on any atom is -0.473 e. The number of benzene rings is 1. The molecule has 0 atom stereocenters. The number of hydrogen-bond donors (Lipinski definition) is 0. The van der Waals surface area contributed by atoms with Crippen molar-refractivity contribution < 1.29 is 4.74 Å². The summed E-state index contributed by atoms with van der Waals surface area (Å²) in [7, 11) is 2.03. The van der Waals surface area contributed by atoms with Crippen molar-refractivity contribution in [3.8, 4) is 5.88 Å². The zero-order valence-electron chi connectivity index (χ0n) is 17.5. The first kappa shape index (κ1) is 20.9. The summed E-state index contributed by atoms with van der Waals surface area (Å²) in [6.45, 7) is 10.1. The van der Waals surface area contributed by atoms with Gasteiger partial charge in [-0.2, -0.15) is 0 Å². The van der Waals surface area contributed by atoms with E-state index in [-0.39, 0.29) is 0 Å². The summed E-state index contributed by atoms with van der Waals surface area (Å²) in [6.07, 6.45) is 5.81. The van der Waals surface area contributed by atoms with Gasteiger partial charge in [0.1, 0.15) is 6.61 Å². The topological polar surface area (TPSA) is 37.7 Å². The average Bonchev–Trinajstić information content (AvgIpc) is 2.67. The van der Waals surface area contributed by atoms with Crippen LogP contribution in [-0.4, -0.2) is 29.8 Å². The zero-order chi connectivity index (χ0) is 19.6. The minimum absolute atomic E-state index is 0.545. The maximum Gasteiger partial charge on any atom is 0.217 e. The molecule has 2 aromatic rings. The number of aryl methyl sites for hydroxylation is 3. The second-order valence-electron chi connectivity index (χ2n) is 6.95. The quantitative estimate of drug-likeness (QED) is 0.412. The molecule has 0 aliphatic carbocycles. The number of ether oxygens (including phenoxy) is 1. The Bertz CT molecular complexity index is 755. The molecular formula is C23H33N3O. The monoisotopic (exact) mass is 367 g/mol. The van der Waals surface area contributed by atoms with Crippen molar-refractivity contribution in [1.82, 2.24) is 9.88 Å². The van der Waals surface area contributed by atoms with E-state index in [4.69, 9.17) is 14.7 Å². The Labute approximate surface area is 164 Å². The lowest BCUT2D eigenvalue weighted by molar-refractivity contribution is 0.288. The highest BCUT2D eigenvalue weighted by Gasteiger charge is 2.13. The Morgan fingerprint density at radius 1 is 1.07 bits per heavy atom. The Hall–Kier alpha value is -2.36. The molecule has 0 saturated carbocycles. The van der Waals surface area contributed by atoms with E-state index in [1.807, 2.05) is 13.4 Å². The fourth-order valence-electron chi connectivity index (χ4n) is 2.83. The fraction of sp³-hybridized carbons (Fsp3) is 0.478. The minimum atomic E-state index is 0.545. The molecule has 0 bridgehead atoms. The lowest BCUT2D eigenvalue weighted by atomic mass is 10.1. The molecule has 0 aliphatic heterocycles. The Morgan fingerprint density at radius 3 is 2.48 bits per heavy atom. The normalized spacial score (nSPS) is 11.1. The first-order valence-electron chi connectivity index (χ1n) is 10.0. The molecule has 4 nitrogen and oxygen atoms in total. The molecule has 27 heavy (non-hydrogen) atoms. The van der Waals surface area contributed by atoms with Crippen molar-refractivity contribution in [2.75, 3.05) is 13.6 Å². The highest BCUT2D eigenvalue weighted by atomic mass is 16.5. The van der Waals surface area contributed by atoms with Crippen molar-refractivity contribution in [3.05, 3.63) is 52.7 Å². The summed E-state index contributed by atoms with van der Waals surface area (Å²) in [4.78, 5) is 11.6. The van der Waals surface area contributed by atoms with Gasteiger partial charge < -0.3 is 9.64 Å². The molecule has 0 unspecified atom stereocenters. The highest BCUT2D eigenvalue weighted by Crippen LogP contribution is 2.28. The van der Waals surface area contributed by atoms with Gasteiger partial charge in [0.15, 0.2) is 0 Å². The molecule has 2 rings (SSSR count). The van der Waals surface area contributed by atoms with E-state index in [9.17, 15) is 0 Å². The highest BCUT2D eigenvalue weighted by molar-refractivity contribution is 5.63. The molecule has 0 amide bonds. The van der Waals surface area contributed by atoms with Crippen molar-refractivity contribution in [1.29, 1.82) is 0 Å². The molecular weight excluding hydrogens is 334 g/mol. The molecule has 0 aliphatic rings. The third kappa shape index (κ3) is 6.09. The summed E-state index contributed by atoms with van der Waals surface area (Å²) in [5, 5.41) is 0. The van der Waals surface area contributed by atoms with Gasteiger partial charge >= 0.3 is 0 Å². The first-order valence-corrected chi connectivity index (χ1v) is 10.0. The molecule has 0 radical (unpaired) electrons. The third-order valence-corrected chi connectivity index (χ3v) is 4.64. The maximum absolute atomic E-state index is 6.17. The molecule has 1 aromatic carbocycles. The molecule has 0 N–H and O–H groups in total. The van der Waals surface area contributed by atoms with Crippen molar-refractivity contribution in [2.24, 2.45) is 4.99 Å². The summed E-state index contributed by atoms with van der Waals surface area (Å²) in [5.41, 5.74) is 5.55. The standard InChI is InChI=1S/C23H33N3O/c1-6-11-19-15-22(24-17-26(5)8-3)21(12-7-2)25-23(19)27-16-20-14-10-9-13-18(20)4/h9-10,13-15,17H,6-8,11-12,16H2,1-5H3. The van der Waals surface area contributed by atoms with Crippen LogP contribution in [0.1, 0.15) is 56.0 Å². The largest absolute Gasteiger partial charge is 0.473 e. The lowest BCUT2D eigenvalue weighted by Crippen LogP contribution is -2.14. The van der Waals surface area contributed by atoms with Crippen LogP contribution < -0.4 is 4.74 Å². The van der Waals surface area contributed by atoms with Crippen LogP contribution in [0.15, 0.2) is 35.3 Å². The summed E-state index contributed by atoms with van der Waals surface area (Å²) in [5.74, 6) is 0.756. The number of aliphatic imine (C=N–C) groups is 1. The second kappa shape index (κ2) is 10.7. The van der Waals surface area contributed by atoms with Crippen LogP contribution in [0.25, 0.3) is 0 Å². The Morgan fingerprint density at radius 2 is 1.81 bits per heavy atom. The second-order valence-corrected chi connectivity index (χ2v) is 6.95. The molecule has 4 heteroatoms. The van der Waals surface area contributed by atoms with Gasteiger partial charge in [-0.25, -0.2) is 9.98 Å². The Balaban J connectivity index is 2.33. The summed E-state index contributed by atoms with van der Waals surface area (Å²) < 4.78 is 6.17. The maximum atomic E-state index is 6.17. The van der Waals surface area contributed by atoms with E-state index in [2.05, 4.69) is 62.9 Å². The number of pyridine rings is 1. The van der Waals surface area contributed by atoms with Crippen LogP contribution in [0.5, 0.6) is 5.88 Å². The van der Waals surface area contributed by atoms with Gasteiger partial charge in [-0.15, -0.1) is 0 Å². The van der Waals surface area contributed by atoms with Crippen LogP contribution in [0.4, 0.5) is 5.69 Å². The number of rotatable bonds is 10. The summed E-state index contributed by atoms with van der Waals surface area (Å²) >= 11 is 0. The summed E-state index contributed by atoms with van der Waals surface area (Å²) in [6, 6.07) is 10.5. The molecule has 0 saturated heterocycles. The SMILES string of the molecule is CCCc1cc(N=CN(C)CC)c(CCC)nc1OCc1ccccc1C. The number of nitrogens with zero attached hydrogens (tertiary/aromatic N) is 3. The van der Waals surface area contributed by atoms with E-state index in [0.29, 0.717) is 6.61 Å². The van der Waals surface area contributed by atoms with Crippen LogP contribution in [0.3, 0.4) is 0 Å². The molecule has 0 fully saturated rings. The van der Waals surface area contributed by atoms with Crippen LogP contribution in [-0.2, 0) is 19.4 Å². The van der Waals surface area contributed by atoms with Crippen LogP contribution >= 0.6 is 0 Å². The van der Waals surface area contributed by atoms with E-state index < -0.39 is 0 Å². The van der Waals surface area contributed by atoms with E-state index in [0.717, 1.165) is 55.1 Å². The number of aromatic nitrogens is 1. The molecule has 146 valence electrons. The Kier molecular flexibility index (Phi) is 8.31. The van der Waals surface area contributed by atoms with E-state index >= 15 is 0 Å². The van der Waals surface area contributed by atoms with Gasteiger partial charge in [-0.3, -0.25) is 0 Å². The van der Waals surface area contributed by atoms with Crippen LogP contribution in [0.2, 0.25) is 0 Å². The third-order valence-electron chi connectivity index (χ3n) is 4.64. The lowest BCUT2D eigenvalue weighted by Gasteiger charge is -2.15. The van der Waals surface area contributed by atoms with Crippen molar-refractivity contribution in [2.45, 2.75) is 60.0 Å². The number of hydrogen-bond acceptors (Lipinski definition) is 3. The van der Waals surface area contributed by atoms with Gasteiger partial charge in [0.2, 0.25) is 5.88 Å². The molecule has 1 heterocycles. The fourth-order valence-corrected chi connectivity index (χ4v) is 2.83. The van der Waals surface area contributed by atoms with Gasteiger partial charge in [0.05, 0.1) is 17.7 Å². The van der Waals surface area contributed by atoms with Crippen LogP contribution in [0, 0.1) is 6.92 Å².